The van der Waals surface area contributed by atoms with E-state index in [1.807, 2.05) is 0 Å². The van der Waals surface area contributed by atoms with Crippen LogP contribution in [0.4, 0.5) is 11.9 Å². The van der Waals surface area contributed by atoms with Crippen molar-refractivity contribution in [3.05, 3.63) is 75.5 Å². The Kier molecular flexibility index (Phi) is 5.63. The van der Waals surface area contributed by atoms with Gasteiger partial charge < -0.3 is 0 Å². The molecule has 0 fully saturated rings. The van der Waals surface area contributed by atoms with E-state index in [2.05, 4.69) is 25.6 Å². The number of benzene rings is 2. The van der Waals surface area contributed by atoms with Crippen molar-refractivity contribution in [3.8, 4) is 0 Å². The number of rotatable bonds is 4. The standard InChI is InChI=1S/C18H13Cl2N5O2/c1-10-21-17(23-15(26)11-4-2-6-13(19)8-11)25-18(22-10)24-16(27)12-5-3-7-14(20)9-12/h2-9H,1H3,(H2,21,22,23,24,25,26,27). The predicted octanol–water partition coefficient (Wildman–Crippen LogP) is 3.99. The third-order valence-electron chi connectivity index (χ3n) is 3.37. The molecule has 0 radical (unpaired) electrons. The largest absolute Gasteiger partial charge is 0.290 e. The van der Waals surface area contributed by atoms with Crippen molar-refractivity contribution < 1.29 is 9.59 Å². The van der Waals surface area contributed by atoms with Crippen LogP contribution in [0, 0.1) is 6.92 Å². The number of carbonyl (C=O) groups is 2. The van der Waals surface area contributed by atoms with Gasteiger partial charge in [0, 0.05) is 21.2 Å². The molecule has 1 heterocycles. The van der Waals surface area contributed by atoms with E-state index in [0.29, 0.717) is 27.0 Å². The Morgan fingerprint density at radius 1 is 0.778 bits per heavy atom. The fourth-order valence-corrected chi connectivity index (χ4v) is 2.58. The number of anilines is 2. The van der Waals surface area contributed by atoms with E-state index < -0.39 is 11.8 Å². The van der Waals surface area contributed by atoms with Crippen LogP contribution in [0.2, 0.25) is 10.0 Å². The fourth-order valence-electron chi connectivity index (χ4n) is 2.20. The van der Waals surface area contributed by atoms with Gasteiger partial charge in [0.05, 0.1) is 0 Å². The maximum absolute atomic E-state index is 12.3. The highest BCUT2D eigenvalue weighted by atomic mass is 35.5. The smallest absolute Gasteiger partial charge is 0.258 e. The minimum atomic E-state index is -0.435. The molecule has 136 valence electrons. The zero-order chi connectivity index (χ0) is 19.4. The molecule has 2 amide bonds. The normalized spacial score (nSPS) is 10.3. The zero-order valence-electron chi connectivity index (χ0n) is 14.0. The number of hydrogen-bond donors (Lipinski definition) is 2. The van der Waals surface area contributed by atoms with Crippen LogP contribution in [0.15, 0.2) is 48.5 Å². The van der Waals surface area contributed by atoms with Gasteiger partial charge in [0.2, 0.25) is 11.9 Å². The van der Waals surface area contributed by atoms with Crippen LogP contribution in [0.25, 0.3) is 0 Å². The number of carbonyl (C=O) groups excluding carboxylic acids is 2. The van der Waals surface area contributed by atoms with Crippen LogP contribution in [-0.2, 0) is 0 Å². The number of halogens is 2. The monoisotopic (exact) mass is 401 g/mol. The van der Waals surface area contributed by atoms with Gasteiger partial charge in [-0.15, -0.1) is 0 Å². The molecule has 3 rings (SSSR count). The molecule has 0 spiro atoms. The van der Waals surface area contributed by atoms with Gasteiger partial charge in [0.1, 0.15) is 5.82 Å². The van der Waals surface area contributed by atoms with Crippen molar-refractivity contribution in [2.24, 2.45) is 0 Å². The summed E-state index contributed by atoms with van der Waals surface area (Å²) in [6.07, 6.45) is 0. The van der Waals surface area contributed by atoms with Crippen molar-refractivity contribution in [3.63, 3.8) is 0 Å². The van der Waals surface area contributed by atoms with E-state index >= 15 is 0 Å². The number of nitrogens with zero attached hydrogens (tertiary/aromatic N) is 3. The van der Waals surface area contributed by atoms with Gasteiger partial charge in [-0.25, -0.2) is 0 Å². The summed E-state index contributed by atoms with van der Waals surface area (Å²) in [5.41, 5.74) is 0.704. The molecule has 0 unspecified atom stereocenters. The second-order valence-electron chi connectivity index (χ2n) is 5.46. The topological polar surface area (TPSA) is 96.9 Å². The molecule has 7 nitrogen and oxygen atoms in total. The molecular weight excluding hydrogens is 389 g/mol. The first-order chi connectivity index (χ1) is 12.9. The molecule has 0 saturated carbocycles. The molecule has 3 aromatic rings. The lowest BCUT2D eigenvalue weighted by molar-refractivity contribution is 0.101. The molecule has 27 heavy (non-hydrogen) atoms. The summed E-state index contributed by atoms with van der Waals surface area (Å²) in [7, 11) is 0. The molecule has 9 heteroatoms. The minimum absolute atomic E-state index is 0.00821. The molecule has 0 atom stereocenters. The molecular formula is C18H13Cl2N5O2. The minimum Gasteiger partial charge on any atom is -0.290 e. The Labute approximate surface area is 164 Å². The van der Waals surface area contributed by atoms with E-state index in [9.17, 15) is 9.59 Å². The molecule has 0 aliphatic rings. The summed E-state index contributed by atoms with van der Waals surface area (Å²) in [5, 5.41) is 5.98. The Hall–Kier alpha value is -3.03. The van der Waals surface area contributed by atoms with E-state index in [1.54, 1.807) is 43.3 Å². The first-order valence-electron chi connectivity index (χ1n) is 7.77. The summed E-state index contributed by atoms with van der Waals surface area (Å²) in [6.45, 7) is 1.62. The second-order valence-corrected chi connectivity index (χ2v) is 6.33. The quantitative estimate of drug-likeness (QED) is 0.688. The number of nitrogens with one attached hydrogen (secondary N) is 2. The predicted molar refractivity (Wildman–Crippen MR) is 103 cm³/mol. The molecule has 0 aliphatic heterocycles. The molecule has 1 aromatic heterocycles. The lowest BCUT2D eigenvalue weighted by Gasteiger charge is -2.08. The Morgan fingerprint density at radius 2 is 1.22 bits per heavy atom. The van der Waals surface area contributed by atoms with E-state index in [0.717, 1.165) is 0 Å². The van der Waals surface area contributed by atoms with E-state index in [1.165, 1.54) is 12.1 Å². The molecule has 2 aromatic carbocycles. The van der Waals surface area contributed by atoms with E-state index in [4.69, 9.17) is 23.2 Å². The van der Waals surface area contributed by atoms with Gasteiger partial charge in [-0.05, 0) is 43.3 Å². The molecule has 0 saturated heterocycles. The first-order valence-corrected chi connectivity index (χ1v) is 8.53. The zero-order valence-corrected chi connectivity index (χ0v) is 15.5. The van der Waals surface area contributed by atoms with Crippen LogP contribution < -0.4 is 10.6 Å². The number of aromatic nitrogens is 3. The van der Waals surface area contributed by atoms with Crippen molar-refractivity contribution in [2.45, 2.75) is 6.92 Å². The number of hydrogen-bond acceptors (Lipinski definition) is 5. The molecule has 2 N–H and O–H groups in total. The van der Waals surface area contributed by atoms with Crippen LogP contribution in [-0.4, -0.2) is 26.8 Å². The third kappa shape index (κ3) is 4.99. The van der Waals surface area contributed by atoms with Gasteiger partial charge in [-0.3, -0.25) is 20.2 Å². The first kappa shape index (κ1) is 18.8. The number of aryl methyl sites for hydroxylation is 1. The highest BCUT2D eigenvalue weighted by Gasteiger charge is 2.13. The summed E-state index contributed by atoms with van der Waals surface area (Å²) in [4.78, 5) is 36.8. The Morgan fingerprint density at radius 3 is 1.63 bits per heavy atom. The lowest BCUT2D eigenvalue weighted by atomic mass is 10.2. The van der Waals surface area contributed by atoms with Crippen LogP contribution in [0.5, 0.6) is 0 Å². The van der Waals surface area contributed by atoms with Crippen molar-refractivity contribution >= 4 is 46.9 Å². The maximum atomic E-state index is 12.3. The summed E-state index contributed by atoms with van der Waals surface area (Å²) in [6, 6.07) is 12.9. The molecule has 0 bridgehead atoms. The highest BCUT2D eigenvalue weighted by Crippen LogP contribution is 2.14. The second kappa shape index (κ2) is 8.11. The average molecular weight is 402 g/mol. The summed E-state index contributed by atoms with van der Waals surface area (Å²) in [5.74, 6) is -0.527. The van der Waals surface area contributed by atoms with Crippen molar-refractivity contribution in [1.82, 2.24) is 15.0 Å². The van der Waals surface area contributed by atoms with Gasteiger partial charge in [-0.1, -0.05) is 35.3 Å². The summed E-state index contributed by atoms with van der Waals surface area (Å²) >= 11 is 11.8. The van der Waals surface area contributed by atoms with Crippen LogP contribution in [0.3, 0.4) is 0 Å². The Balaban J connectivity index is 1.78. The lowest BCUT2D eigenvalue weighted by Crippen LogP contribution is -2.18. The van der Waals surface area contributed by atoms with Gasteiger partial charge in [-0.2, -0.15) is 15.0 Å². The van der Waals surface area contributed by atoms with Gasteiger partial charge >= 0.3 is 0 Å². The van der Waals surface area contributed by atoms with Gasteiger partial charge in [0.25, 0.3) is 11.8 Å². The van der Waals surface area contributed by atoms with E-state index in [-0.39, 0.29) is 11.9 Å². The Bertz CT molecular complexity index is 948. The van der Waals surface area contributed by atoms with Crippen LogP contribution >= 0.6 is 23.2 Å². The van der Waals surface area contributed by atoms with Gasteiger partial charge in [0.15, 0.2) is 0 Å². The average Bonchev–Trinajstić information content (AvgIpc) is 2.61. The highest BCUT2D eigenvalue weighted by molar-refractivity contribution is 6.31. The maximum Gasteiger partial charge on any atom is 0.258 e. The van der Waals surface area contributed by atoms with Crippen LogP contribution in [0.1, 0.15) is 26.5 Å². The SMILES string of the molecule is Cc1nc(NC(=O)c2cccc(Cl)c2)nc(NC(=O)c2cccc(Cl)c2)n1. The number of amides is 2. The fraction of sp³-hybridized carbons (Fsp3) is 0.0556. The molecule has 0 aliphatic carbocycles. The van der Waals surface area contributed by atoms with Crippen molar-refractivity contribution in [2.75, 3.05) is 10.6 Å². The third-order valence-corrected chi connectivity index (χ3v) is 3.84. The van der Waals surface area contributed by atoms with Crippen molar-refractivity contribution in [1.29, 1.82) is 0 Å². The summed E-state index contributed by atoms with van der Waals surface area (Å²) < 4.78 is 0.